The molecule has 12 heteroatoms. The summed E-state index contributed by atoms with van der Waals surface area (Å²) in [6.45, 7) is 3.35. The van der Waals surface area contributed by atoms with E-state index in [4.69, 9.17) is 0 Å². The monoisotopic (exact) mass is 451 g/mol. The van der Waals surface area contributed by atoms with Crippen molar-refractivity contribution in [2.24, 2.45) is 5.92 Å². The van der Waals surface area contributed by atoms with Crippen molar-refractivity contribution in [1.82, 2.24) is 25.3 Å². The number of aromatic amines is 1. The van der Waals surface area contributed by atoms with Gasteiger partial charge in [-0.15, -0.1) is 0 Å². The Balaban J connectivity index is 1.80. The number of sulfonamides is 1. The number of halogens is 1. The number of aromatic nitrogens is 2. The molecule has 1 aliphatic heterocycles. The lowest BCUT2D eigenvalue weighted by Gasteiger charge is -2.25. The highest BCUT2D eigenvalue weighted by molar-refractivity contribution is 7.89. The second-order valence-electron chi connectivity index (χ2n) is 7.44. The summed E-state index contributed by atoms with van der Waals surface area (Å²) in [7, 11) is -4.14. The summed E-state index contributed by atoms with van der Waals surface area (Å²) >= 11 is 0. The minimum absolute atomic E-state index is 0.0215. The summed E-state index contributed by atoms with van der Waals surface area (Å²) in [6, 6.07) is 1.68. The number of benzene rings is 1. The summed E-state index contributed by atoms with van der Waals surface area (Å²) in [4.78, 5) is 44.2. The van der Waals surface area contributed by atoms with E-state index in [0.717, 1.165) is 24.3 Å². The number of carbonyl (C=O) groups is 3. The molecule has 0 saturated carbocycles. The van der Waals surface area contributed by atoms with Crippen molar-refractivity contribution in [2.75, 3.05) is 0 Å². The number of hydrogen-bond acceptors (Lipinski definition) is 6. The molecule has 0 fully saturated rings. The number of nitrogens with zero attached hydrogens (tertiary/aromatic N) is 1. The van der Waals surface area contributed by atoms with Crippen molar-refractivity contribution in [1.29, 1.82) is 0 Å². The molecule has 1 aromatic heterocycles. The molecule has 1 aliphatic rings. The fourth-order valence-corrected chi connectivity index (χ4v) is 4.44. The van der Waals surface area contributed by atoms with Crippen molar-refractivity contribution in [3.63, 3.8) is 0 Å². The van der Waals surface area contributed by atoms with Gasteiger partial charge >= 0.3 is 0 Å². The zero-order valence-corrected chi connectivity index (χ0v) is 17.6. The fraction of sp³-hybridized carbons (Fsp3) is 0.368. The number of fused-ring (bicyclic) bond motifs is 1. The van der Waals surface area contributed by atoms with E-state index in [1.807, 2.05) is 0 Å². The molecular weight excluding hydrogens is 429 g/mol. The predicted octanol–water partition coefficient (Wildman–Crippen LogP) is -0.222. The Morgan fingerprint density at radius 2 is 1.90 bits per heavy atom. The Bertz CT molecular complexity index is 1100. The van der Waals surface area contributed by atoms with Crippen LogP contribution in [-0.2, 0) is 37.4 Å². The summed E-state index contributed by atoms with van der Waals surface area (Å²) in [5.74, 6) is -3.58. The number of H-pyrrole nitrogens is 1. The summed E-state index contributed by atoms with van der Waals surface area (Å²) in [6.07, 6.45) is 1.39. The summed E-state index contributed by atoms with van der Waals surface area (Å²) in [5.41, 5.74) is 1.11. The topological polar surface area (TPSA) is 150 Å². The maximum absolute atomic E-state index is 13.1. The molecule has 0 aliphatic carbocycles. The zero-order chi connectivity index (χ0) is 22.8. The molecule has 166 valence electrons. The van der Waals surface area contributed by atoms with Gasteiger partial charge in [0.05, 0.1) is 29.2 Å². The molecule has 0 saturated heterocycles. The molecule has 3 rings (SSSR count). The first-order valence-electron chi connectivity index (χ1n) is 9.50. The Morgan fingerprint density at radius 3 is 2.55 bits per heavy atom. The van der Waals surface area contributed by atoms with Crippen molar-refractivity contribution in [2.45, 2.75) is 43.8 Å². The minimum Gasteiger partial charge on any atom is -0.347 e. The van der Waals surface area contributed by atoms with Gasteiger partial charge in [-0.05, 0) is 30.2 Å². The largest absolute Gasteiger partial charge is 0.347 e. The minimum atomic E-state index is -4.14. The van der Waals surface area contributed by atoms with Crippen LogP contribution in [0.2, 0.25) is 0 Å². The van der Waals surface area contributed by atoms with Crippen LogP contribution < -0.4 is 15.4 Å². The standard InChI is InChI=1S/C19H22FN5O5S/c1-10(2)16(25-31(29,30)12-5-3-11(20)4-6-12)18(27)24-14-7-13-15(23-9-22-13)8-21-19(28)17(14)26/h3-6,9-10,14,16,25H,7-8H2,1-2H3,(H,21,28)(H,22,23)(H,24,27). The molecule has 0 radical (unpaired) electrons. The highest BCUT2D eigenvalue weighted by atomic mass is 32.2. The van der Waals surface area contributed by atoms with Crippen LogP contribution in [0, 0.1) is 11.7 Å². The SMILES string of the molecule is CC(C)C(NS(=O)(=O)c1ccc(F)cc1)C(=O)NC1Cc2nc[nH]c2CNC(=O)C1=O. The van der Waals surface area contributed by atoms with E-state index in [1.54, 1.807) is 13.8 Å². The van der Waals surface area contributed by atoms with Crippen molar-refractivity contribution in [3.8, 4) is 0 Å². The molecule has 1 aromatic carbocycles. The Labute approximate surface area is 178 Å². The van der Waals surface area contributed by atoms with Gasteiger partial charge in [-0.25, -0.2) is 17.8 Å². The van der Waals surface area contributed by atoms with Gasteiger partial charge in [0.15, 0.2) is 0 Å². The van der Waals surface area contributed by atoms with Crippen molar-refractivity contribution < 1.29 is 27.2 Å². The maximum Gasteiger partial charge on any atom is 0.289 e. The second-order valence-corrected chi connectivity index (χ2v) is 9.15. The first-order chi connectivity index (χ1) is 14.6. The number of amides is 2. The van der Waals surface area contributed by atoms with Crippen molar-refractivity contribution >= 4 is 27.6 Å². The first-order valence-corrected chi connectivity index (χ1v) is 11.0. The van der Waals surface area contributed by atoms with Gasteiger partial charge in [0.1, 0.15) is 17.9 Å². The highest BCUT2D eigenvalue weighted by Crippen LogP contribution is 2.14. The van der Waals surface area contributed by atoms with Gasteiger partial charge in [-0.2, -0.15) is 4.72 Å². The van der Waals surface area contributed by atoms with E-state index in [2.05, 4.69) is 25.3 Å². The van der Waals surface area contributed by atoms with E-state index in [0.29, 0.717) is 11.4 Å². The van der Waals surface area contributed by atoms with E-state index in [1.165, 1.54) is 6.33 Å². The van der Waals surface area contributed by atoms with Crippen LogP contribution in [0.3, 0.4) is 0 Å². The van der Waals surface area contributed by atoms with Gasteiger partial charge in [-0.1, -0.05) is 13.8 Å². The van der Waals surface area contributed by atoms with E-state index < -0.39 is 51.4 Å². The van der Waals surface area contributed by atoms with Crippen LogP contribution in [0.4, 0.5) is 4.39 Å². The number of carbonyl (C=O) groups excluding carboxylic acids is 3. The lowest BCUT2D eigenvalue weighted by molar-refractivity contribution is -0.140. The Hall–Kier alpha value is -3.12. The molecule has 2 atom stereocenters. The molecular formula is C19H22FN5O5S. The maximum atomic E-state index is 13.1. The Kier molecular flexibility index (Phi) is 6.51. The van der Waals surface area contributed by atoms with Crippen LogP contribution >= 0.6 is 0 Å². The average Bonchev–Trinajstić information content (AvgIpc) is 3.15. The highest BCUT2D eigenvalue weighted by Gasteiger charge is 2.35. The molecule has 2 unspecified atom stereocenters. The summed E-state index contributed by atoms with van der Waals surface area (Å²) < 4.78 is 40.7. The summed E-state index contributed by atoms with van der Waals surface area (Å²) in [5, 5.41) is 4.91. The third-order valence-corrected chi connectivity index (χ3v) is 6.30. The third-order valence-electron chi connectivity index (χ3n) is 4.84. The molecule has 2 aromatic rings. The normalized spacial score (nSPS) is 18.0. The van der Waals surface area contributed by atoms with E-state index >= 15 is 0 Å². The van der Waals surface area contributed by atoms with E-state index in [9.17, 15) is 27.2 Å². The Morgan fingerprint density at radius 1 is 1.23 bits per heavy atom. The number of rotatable bonds is 6. The fourth-order valence-electron chi connectivity index (χ4n) is 3.10. The molecule has 0 bridgehead atoms. The third kappa shape index (κ3) is 5.14. The molecule has 10 nitrogen and oxygen atoms in total. The van der Waals surface area contributed by atoms with Crippen molar-refractivity contribution in [3.05, 3.63) is 47.8 Å². The molecule has 0 spiro atoms. The van der Waals surface area contributed by atoms with Crippen LogP contribution in [0.5, 0.6) is 0 Å². The average molecular weight is 451 g/mol. The van der Waals surface area contributed by atoms with Gasteiger partial charge in [0, 0.05) is 6.42 Å². The van der Waals surface area contributed by atoms with Gasteiger partial charge in [0.25, 0.3) is 5.91 Å². The predicted molar refractivity (Wildman–Crippen MR) is 106 cm³/mol. The number of Topliss-reactive ketones (excluding diaryl/α,β-unsaturated/α-hetero) is 1. The zero-order valence-electron chi connectivity index (χ0n) is 16.8. The molecule has 2 amide bonds. The first kappa shape index (κ1) is 22.6. The number of nitrogens with one attached hydrogen (secondary N) is 4. The number of imidazole rings is 1. The van der Waals surface area contributed by atoms with Gasteiger partial charge in [-0.3, -0.25) is 14.4 Å². The second kappa shape index (κ2) is 8.94. The van der Waals surface area contributed by atoms with Gasteiger partial charge < -0.3 is 15.6 Å². The van der Waals surface area contributed by atoms with Crippen LogP contribution in [0.1, 0.15) is 25.2 Å². The smallest absolute Gasteiger partial charge is 0.289 e. The molecule has 31 heavy (non-hydrogen) atoms. The lowest BCUT2D eigenvalue weighted by Crippen LogP contribution is -2.56. The number of ketones is 1. The van der Waals surface area contributed by atoms with Crippen LogP contribution in [-0.4, -0.2) is 48.1 Å². The lowest BCUT2D eigenvalue weighted by atomic mass is 10.00. The molecule has 4 N–H and O–H groups in total. The van der Waals surface area contributed by atoms with Crippen LogP contribution in [0.15, 0.2) is 35.5 Å². The van der Waals surface area contributed by atoms with E-state index in [-0.39, 0.29) is 17.9 Å². The van der Waals surface area contributed by atoms with Crippen LogP contribution in [0.25, 0.3) is 0 Å². The molecule has 2 heterocycles. The quantitative estimate of drug-likeness (QED) is 0.446. The number of hydrogen-bond donors (Lipinski definition) is 4. The van der Waals surface area contributed by atoms with Gasteiger partial charge in [0.2, 0.25) is 21.7 Å².